The largest absolute Gasteiger partial charge is 0.397 e. The molecule has 0 atom stereocenters. The predicted molar refractivity (Wildman–Crippen MR) is 69.7 cm³/mol. The average Bonchev–Trinajstić information content (AvgIpc) is 2.35. The van der Waals surface area contributed by atoms with Crippen LogP contribution in [0.25, 0.3) is 0 Å². The van der Waals surface area contributed by atoms with Crippen LogP contribution >= 0.6 is 0 Å². The third kappa shape index (κ3) is 2.89. The second-order valence-corrected chi connectivity index (χ2v) is 4.64. The molecule has 0 radical (unpaired) electrons. The summed E-state index contributed by atoms with van der Waals surface area (Å²) in [6, 6.07) is 7.96. The summed E-state index contributed by atoms with van der Waals surface area (Å²) >= 11 is 0. The molecule has 0 spiro atoms. The SMILES string of the molecule is CN1CCC(Nc2cc(C#N)ccc2N)CC1. The fourth-order valence-corrected chi connectivity index (χ4v) is 2.12. The summed E-state index contributed by atoms with van der Waals surface area (Å²) < 4.78 is 0. The third-order valence-corrected chi connectivity index (χ3v) is 3.26. The van der Waals surface area contributed by atoms with Gasteiger partial charge in [-0.2, -0.15) is 5.26 Å². The smallest absolute Gasteiger partial charge is 0.0992 e. The van der Waals surface area contributed by atoms with Gasteiger partial charge >= 0.3 is 0 Å². The van der Waals surface area contributed by atoms with Crippen LogP contribution in [0.4, 0.5) is 11.4 Å². The zero-order chi connectivity index (χ0) is 12.3. The Morgan fingerprint density at radius 3 is 2.76 bits per heavy atom. The van der Waals surface area contributed by atoms with Crippen molar-refractivity contribution in [3.8, 4) is 6.07 Å². The van der Waals surface area contributed by atoms with Gasteiger partial charge < -0.3 is 16.0 Å². The maximum absolute atomic E-state index is 8.87. The Bertz CT molecular complexity index is 428. The van der Waals surface area contributed by atoms with Gasteiger partial charge in [0.2, 0.25) is 0 Å². The summed E-state index contributed by atoms with van der Waals surface area (Å²) in [6.45, 7) is 2.21. The van der Waals surface area contributed by atoms with Crippen LogP contribution in [0.5, 0.6) is 0 Å². The van der Waals surface area contributed by atoms with Crippen molar-refractivity contribution in [2.24, 2.45) is 0 Å². The number of nitriles is 1. The number of nitrogens with one attached hydrogen (secondary N) is 1. The molecule has 3 N–H and O–H groups in total. The van der Waals surface area contributed by atoms with Crippen molar-refractivity contribution < 1.29 is 0 Å². The minimum absolute atomic E-state index is 0.461. The highest BCUT2D eigenvalue weighted by molar-refractivity contribution is 5.68. The fourth-order valence-electron chi connectivity index (χ4n) is 2.12. The maximum atomic E-state index is 8.87. The predicted octanol–water partition coefficient (Wildman–Crippen LogP) is 1.65. The van der Waals surface area contributed by atoms with E-state index in [1.54, 1.807) is 12.1 Å². The van der Waals surface area contributed by atoms with E-state index in [0.717, 1.165) is 31.6 Å². The molecule has 0 unspecified atom stereocenters. The van der Waals surface area contributed by atoms with Crippen LogP contribution in [0.1, 0.15) is 18.4 Å². The molecule has 1 aromatic carbocycles. The molecule has 1 saturated heterocycles. The fraction of sp³-hybridized carbons (Fsp3) is 0.462. The molecule has 1 fully saturated rings. The van der Waals surface area contributed by atoms with Crippen LogP contribution in [-0.2, 0) is 0 Å². The molecular weight excluding hydrogens is 212 g/mol. The Morgan fingerprint density at radius 1 is 1.41 bits per heavy atom. The van der Waals surface area contributed by atoms with Gasteiger partial charge in [-0.25, -0.2) is 0 Å². The summed E-state index contributed by atoms with van der Waals surface area (Å²) in [5.74, 6) is 0. The number of rotatable bonds is 2. The van der Waals surface area contributed by atoms with Gasteiger partial charge in [-0.3, -0.25) is 0 Å². The first-order valence-corrected chi connectivity index (χ1v) is 5.94. The van der Waals surface area contributed by atoms with Crippen LogP contribution in [0.3, 0.4) is 0 Å². The highest BCUT2D eigenvalue weighted by Gasteiger charge is 2.17. The lowest BCUT2D eigenvalue weighted by atomic mass is 10.0. The Kier molecular flexibility index (Phi) is 3.50. The summed E-state index contributed by atoms with van der Waals surface area (Å²) in [5, 5.41) is 12.3. The maximum Gasteiger partial charge on any atom is 0.0992 e. The first-order chi connectivity index (χ1) is 8.19. The number of nitrogen functional groups attached to an aromatic ring is 1. The highest BCUT2D eigenvalue weighted by Crippen LogP contribution is 2.23. The van der Waals surface area contributed by atoms with Gasteiger partial charge in [0, 0.05) is 6.04 Å². The Hall–Kier alpha value is -1.73. The van der Waals surface area contributed by atoms with Crippen molar-refractivity contribution in [3.63, 3.8) is 0 Å². The lowest BCUT2D eigenvalue weighted by molar-refractivity contribution is 0.264. The number of hydrogen-bond acceptors (Lipinski definition) is 4. The van der Waals surface area contributed by atoms with Crippen LogP contribution in [0.15, 0.2) is 18.2 Å². The number of nitrogens with two attached hydrogens (primary N) is 1. The van der Waals surface area contributed by atoms with E-state index in [-0.39, 0.29) is 0 Å². The van der Waals surface area contributed by atoms with E-state index in [1.807, 2.05) is 6.07 Å². The lowest BCUT2D eigenvalue weighted by Crippen LogP contribution is -2.36. The van der Waals surface area contributed by atoms with E-state index in [9.17, 15) is 0 Å². The van der Waals surface area contributed by atoms with Crippen molar-refractivity contribution >= 4 is 11.4 Å². The molecule has 0 amide bonds. The van der Waals surface area contributed by atoms with Gasteiger partial charge in [0.25, 0.3) is 0 Å². The molecule has 1 aromatic rings. The summed E-state index contributed by atoms with van der Waals surface area (Å²) in [7, 11) is 2.14. The van der Waals surface area contributed by atoms with Crippen LogP contribution in [-0.4, -0.2) is 31.1 Å². The zero-order valence-electron chi connectivity index (χ0n) is 10.1. The number of hydrogen-bond donors (Lipinski definition) is 2. The van der Waals surface area contributed by atoms with E-state index in [1.165, 1.54) is 0 Å². The van der Waals surface area contributed by atoms with Crippen LogP contribution in [0.2, 0.25) is 0 Å². The summed E-state index contributed by atoms with van der Waals surface area (Å²) in [6.07, 6.45) is 2.24. The first kappa shape index (κ1) is 11.7. The normalized spacial score (nSPS) is 17.6. The van der Waals surface area contributed by atoms with Gasteiger partial charge in [-0.1, -0.05) is 0 Å². The Labute approximate surface area is 102 Å². The van der Waals surface area contributed by atoms with Gasteiger partial charge in [-0.15, -0.1) is 0 Å². The second-order valence-electron chi connectivity index (χ2n) is 4.64. The standard InChI is InChI=1S/C13H18N4/c1-17-6-4-11(5-7-17)16-13-8-10(9-14)2-3-12(13)15/h2-3,8,11,16H,4-7,15H2,1H3. The van der Waals surface area contributed by atoms with E-state index in [2.05, 4.69) is 23.3 Å². The van der Waals surface area contributed by atoms with E-state index in [0.29, 0.717) is 17.3 Å². The molecule has 1 aliphatic rings. The van der Waals surface area contributed by atoms with Crippen LogP contribution in [0, 0.1) is 11.3 Å². The topological polar surface area (TPSA) is 65.1 Å². The van der Waals surface area contributed by atoms with Gasteiger partial charge in [0.15, 0.2) is 0 Å². The van der Waals surface area contributed by atoms with Gasteiger partial charge in [-0.05, 0) is 51.2 Å². The second kappa shape index (κ2) is 5.07. The first-order valence-electron chi connectivity index (χ1n) is 5.94. The minimum Gasteiger partial charge on any atom is -0.397 e. The van der Waals surface area contributed by atoms with E-state index >= 15 is 0 Å². The quantitative estimate of drug-likeness (QED) is 0.758. The Balaban J connectivity index is 2.05. The van der Waals surface area contributed by atoms with Crippen molar-refractivity contribution in [1.29, 1.82) is 5.26 Å². The third-order valence-electron chi connectivity index (χ3n) is 3.26. The molecule has 0 aliphatic carbocycles. The molecule has 0 bridgehead atoms. The number of likely N-dealkylation sites (tertiary alicyclic amines) is 1. The van der Waals surface area contributed by atoms with Gasteiger partial charge in [0.1, 0.15) is 0 Å². The molecular formula is C13H18N4. The van der Waals surface area contributed by atoms with Gasteiger partial charge in [0.05, 0.1) is 23.0 Å². The molecule has 0 aromatic heterocycles. The Morgan fingerprint density at radius 2 is 2.12 bits per heavy atom. The molecule has 17 heavy (non-hydrogen) atoms. The molecule has 1 aliphatic heterocycles. The number of anilines is 2. The number of nitrogens with zero attached hydrogens (tertiary/aromatic N) is 2. The minimum atomic E-state index is 0.461. The van der Waals surface area contributed by atoms with Crippen molar-refractivity contribution in [3.05, 3.63) is 23.8 Å². The molecule has 90 valence electrons. The van der Waals surface area contributed by atoms with Crippen LogP contribution < -0.4 is 11.1 Å². The molecule has 2 rings (SSSR count). The monoisotopic (exact) mass is 230 g/mol. The van der Waals surface area contributed by atoms with Crippen molar-refractivity contribution in [2.75, 3.05) is 31.2 Å². The molecule has 0 saturated carbocycles. The summed E-state index contributed by atoms with van der Waals surface area (Å²) in [5.41, 5.74) is 8.15. The van der Waals surface area contributed by atoms with E-state index < -0.39 is 0 Å². The summed E-state index contributed by atoms with van der Waals surface area (Å²) in [4.78, 5) is 2.33. The molecule has 4 nitrogen and oxygen atoms in total. The molecule has 1 heterocycles. The van der Waals surface area contributed by atoms with E-state index in [4.69, 9.17) is 11.0 Å². The zero-order valence-corrected chi connectivity index (χ0v) is 10.1. The highest BCUT2D eigenvalue weighted by atomic mass is 15.1. The number of piperidine rings is 1. The van der Waals surface area contributed by atoms with Crippen molar-refractivity contribution in [1.82, 2.24) is 4.90 Å². The average molecular weight is 230 g/mol. The van der Waals surface area contributed by atoms with Crippen molar-refractivity contribution in [2.45, 2.75) is 18.9 Å². The number of benzene rings is 1. The molecule has 4 heteroatoms. The lowest BCUT2D eigenvalue weighted by Gasteiger charge is -2.30.